The molecule has 0 spiro atoms. The van der Waals surface area contributed by atoms with Gasteiger partial charge in [0.05, 0.1) is 4.90 Å². The first-order valence-electron chi connectivity index (χ1n) is 6.50. The Morgan fingerprint density at radius 3 is 2.38 bits per heavy atom. The van der Waals surface area contributed by atoms with Gasteiger partial charge < -0.3 is 10.1 Å². The molecule has 1 aliphatic heterocycles. The number of rotatable bonds is 3. The van der Waals surface area contributed by atoms with Gasteiger partial charge in [0.15, 0.2) is 0 Å². The molecule has 0 bridgehead atoms. The van der Waals surface area contributed by atoms with E-state index in [0.29, 0.717) is 18.2 Å². The lowest BCUT2D eigenvalue weighted by molar-refractivity contribution is -0.0436. The quantitative estimate of drug-likeness (QED) is 0.928. The molecular weight excluding hydrogens is 307 g/mol. The van der Waals surface area contributed by atoms with Gasteiger partial charge in [-0.3, -0.25) is 0 Å². The van der Waals surface area contributed by atoms with Gasteiger partial charge in [-0.1, -0.05) is 6.92 Å². The first kappa shape index (κ1) is 16.1. The third-order valence-electron chi connectivity index (χ3n) is 3.48. The van der Waals surface area contributed by atoms with E-state index in [1.54, 1.807) is 0 Å². The number of ether oxygens (including phenoxy) is 1. The number of sulfone groups is 1. The normalized spacial score (nSPS) is 23.8. The summed E-state index contributed by atoms with van der Waals surface area (Å²) >= 11 is 0. The van der Waals surface area contributed by atoms with Crippen molar-refractivity contribution in [2.24, 2.45) is 5.92 Å². The molecule has 2 atom stereocenters. The van der Waals surface area contributed by atoms with Crippen molar-refractivity contribution in [1.82, 2.24) is 5.32 Å². The van der Waals surface area contributed by atoms with Crippen LogP contribution in [-0.2, 0) is 9.84 Å². The van der Waals surface area contributed by atoms with E-state index in [2.05, 4.69) is 5.32 Å². The van der Waals surface area contributed by atoms with E-state index in [1.165, 1.54) is 12.1 Å². The van der Waals surface area contributed by atoms with Crippen LogP contribution in [0.25, 0.3) is 0 Å². The molecule has 2 rings (SSSR count). The van der Waals surface area contributed by atoms with Gasteiger partial charge in [-0.15, -0.1) is 0 Å². The van der Waals surface area contributed by atoms with Gasteiger partial charge in [-0.25, -0.2) is 8.42 Å². The van der Waals surface area contributed by atoms with E-state index in [4.69, 9.17) is 4.74 Å². The molecule has 8 heteroatoms. The van der Waals surface area contributed by atoms with Crippen LogP contribution in [-0.4, -0.2) is 33.1 Å². The van der Waals surface area contributed by atoms with E-state index in [0.717, 1.165) is 25.1 Å². The largest absolute Gasteiger partial charge is 0.501 e. The second-order valence-electron chi connectivity index (χ2n) is 5.05. The molecule has 1 saturated heterocycles. The van der Waals surface area contributed by atoms with Gasteiger partial charge >= 0.3 is 5.51 Å². The first-order valence-corrected chi connectivity index (χ1v) is 7.99. The average Bonchev–Trinajstić information content (AvgIpc) is 2.41. The second-order valence-corrected chi connectivity index (χ2v) is 6.99. The Morgan fingerprint density at radius 2 is 1.86 bits per heavy atom. The summed E-state index contributed by atoms with van der Waals surface area (Å²) < 4.78 is 65.4. The molecule has 1 heterocycles. The fourth-order valence-electron chi connectivity index (χ4n) is 2.12. The predicted octanol–water partition coefficient (Wildman–Crippen LogP) is 2.36. The minimum absolute atomic E-state index is 0.0798. The van der Waals surface area contributed by atoms with E-state index < -0.39 is 20.2 Å². The molecule has 1 aliphatic rings. The number of piperidine rings is 1. The summed E-state index contributed by atoms with van der Waals surface area (Å²) in [7, 11) is -5.30. The Labute approximate surface area is 121 Å². The van der Waals surface area contributed by atoms with Gasteiger partial charge in [0.25, 0.3) is 9.84 Å². The van der Waals surface area contributed by atoms with E-state index in [1.807, 2.05) is 6.92 Å². The molecular formula is C13H16F3NO3S. The highest BCUT2D eigenvalue weighted by molar-refractivity contribution is 7.92. The Hall–Kier alpha value is -1.28. The van der Waals surface area contributed by atoms with Crippen molar-refractivity contribution < 1.29 is 26.3 Å². The molecule has 118 valence electrons. The highest BCUT2D eigenvalue weighted by Crippen LogP contribution is 2.31. The van der Waals surface area contributed by atoms with Gasteiger partial charge in [0.2, 0.25) is 0 Å². The number of halogens is 3. The smallest absolute Gasteiger partial charge is 0.489 e. The molecule has 1 aromatic rings. The summed E-state index contributed by atoms with van der Waals surface area (Å²) in [6, 6.07) is 4.33. The molecule has 1 fully saturated rings. The van der Waals surface area contributed by atoms with Crippen molar-refractivity contribution in [3.8, 4) is 5.75 Å². The fourth-order valence-corrected chi connectivity index (χ4v) is 2.89. The van der Waals surface area contributed by atoms with Gasteiger partial charge in [0, 0.05) is 6.54 Å². The monoisotopic (exact) mass is 323 g/mol. The highest BCUT2D eigenvalue weighted by atomic mass is 32.2. The molecule has 0 amide bonds. The molecule has 1 aromatic carbocycles. The van der Waals surface area contributed by atoms with Crippen LogP contribution in [0, 0.1) is 5.92 Å². The molecule has 2 unspecified atom stereocenters. The topological polar surface area (TPSA) is 55.4 Å². The molecule has 0 radical (unpaired) electrons. The highest BCUT2D eigenvalue weighted by Gasteiger charge is 2.46. The SMILES string of the molecule is CC1CCNCC1Oc1ccc(S(=O)(=O)C(F)(F)F)cc1. The van der Waals surface area contributed by atoms with E-state index in [-0.39, 0.29) is 6.10 Å². The van der Waals surface area contributed by atoms with Crippen LogP contribution < -0.4 is 10.1 Å². The van der Waals surface area contributed by atoms with Crippen LogP contribution in [0.4, 0.5) is 13.2 Å². The van der Waals surface area contributed by atoms with Crippen molar-refractivity contribution >= 4 is 9.84 Å². The summed E-state index contributed by atoms with van der Waals surface area (Å²) in [5.41, 5.74) is -5.29. The zero-order chi connectivity index (χ0) is 15.7. The Bertz CT molecular complexity index is 584. The summed E-state index contributed by atoms with van der Waals surface area (Å²) in [5, 5.41) is 3.17. The fraction of sp³-hybridized carbons (Fsp3) is 0.538. The third-order valence-corrected chi connectivity index (χ3v) is 4.99. The number of nitrogens with one attached hydrogen (secondary N) is 1. The van der Waals surface area contributed by atoms with Crippen LogP contribution in [0.1, 0.15) is 13.3 Å². The zero-order valence-corrected chi connectivity index (χ0v) is 12.2. The van der Waals surface area contributed by atoms with E-state index >= 15 is 0 Å². The van der Waals surface area contributed by atoms with Crippen LogP contribution in [0.5, 0.6) is 5.75 Å². The maximum absolute atomic E-state index is 12.4. The van der Waals surface area contributed by atoms with Gasteiger partial charge in [-0.05, 0) is 43.1 Å². The maximum atomic E-state index is 12.4. The van der Waals surface area contributed by atoms with Gasteiger partial charge in [-0.2, -0.15) is 13.2 Å². The van der Waals surface area contributed by atoms with E-state index in [9.17, 15) is 21.6 Å². The minimum atomic E-state index is -5.30. The molecule has 0 saturated carbocycles. The van der Waals surface area contributed by atoms with Crippen molar-refractivity contribution in [2.45, 2.75) is 29.9 Å². The number of alkyl halides is 3. The van der Waals surface area contributed by atoms with Crippen LogP contribution in [0.2, 0.25) is 0 Å². The van der Waals surface area contributed by atoms with Crippen molar-refractivity contribution in [1.29, 1.82) is 0 Å². The summed E-state index contributed by atoms with van der Waals surface area (Å²) in [4.78, 5) is -0.780. The average molecular weight is 323 g/mol. The van der Waals surface area contributed by atoms with Crippen LogP contribution in [0.3, 0.4) is 0 Å². The summed E-state index contributed by atoms with van der Waals surface area (Å²) in [6.45, 7) is 3.60. The minimum Gasteiger partial charge on any atom is -0.489 e. The number of hydrogen-bond acceptors (Lipinski definition) is 4. The molecule has 21 heavy (non-hydrogen) atoms. The Kier molecular flexibility index (Phi) is 4.48. The lowest BCUT2D eigenvalue weighted by Gasteiger charge is -2.30. The molecule has 0 aliphatic carbocycles. The lowest BCUT2D eigenvalue weighted by atomic mass is 9.97. The van der Waals surface area contributed by atoms with Crippen molar-refractivity contribution in [2.75, 3.05) is 13.1 Å². The zero-order valence-electron chi connectivity index (χ0n) is 11.4. The van der Waals surface area contributed by atoms with Crippen LogP contribution in [0.15, 0.2) is 29.2 Å². The molecule has 1 N–H and O–H groups in total. The number of hydrogen-bond donors (Lipinski definition) is 1. The maximum Gasteiger partial charge on any atom is 0.501 e. The second kappa shape index (κ2) is 5.84. The Balaban J connectivity index is 2.13. The first-order chi connectivity index (χ1) is 9.72. The molecule has 4 nitrogen and oxygen atoms in total. The predicted molar refractivity (Wildman–Crippen MR) is 70.7 cm³/mol. The van der Waals surface area contributed by atoms with Crippen molar-refractivity contribution in [3.63, 3.8) is 0 Å². The summed E-state index contributed by atoms with van der Waals surface area (Å²) in [6.07, 6.45) is 0.870. The van der Waals surface area contributed by atoms with Crippen LogP contribution >= 0.6 is 0 Å². The standard InChI is InChI=1S/C13H16F3NO3S/c1-9-6-7-17-8-12(9)20-10-2-4-11(5-3-10)21(18,19)13(14,15)16/h2-5,9,12,17H,6-8H2,1H3. The lowest BCUT2D eigenvalue weighted by Crippen LogP contribution is -2.42. The van der Waals surface area contributed by atoms with Crippen molar-refractivity contribution in [3.05, 3.63) is 24.3 Å². The summed E-state index contributed by atoms with van der Waals surface area (Å²) in [5.74, 6) is 0.682. The van der Waals surface area contributed by atoms with Gasteiger partial charge in [0.1, 0.15) is 11.9 Å². The Morgan fingerprint density at radius 1 is 1.24 bits per heavy atom. The molecule has 0 aromatic heterocycles. The third kappa shape index (κ3) is 3.49. The number of benzene rings is 1.